The molecule has 1 heterocycles. The molecule has 0 fully saturated rings. The minimum absolute atomic E-state index is 0.539. The Morgan fingerprint density at radius 2 is 1.83 bits per heavy atom. The van der Waals surface area contributed by atoms with Crippen molar-refractivity contribution in [1.82, 2.24) is 5.32 Å². The minimum Gasteiger partial charge on any atom is -0.310 e. The van der Waals surface area contributed by atoms with Gasteiger partial charge in [-0.05, 0) is 42.7 Å². The molecule has 0 amide bonds. The number of hydrogen-bond acceptors (Lipinski definition) is 2. The molecular weight excluding hydrogens is 238 g/mol. The second kappa shape index (κ2) is 5.68. The fourth-order valence-electron chi connectivity index (χ4n) is 1.83. The molecule has 2 heteroatoms. The van der Waals surface area contributed by atoms with Gasteiger partial charge in [0.15, 0.2) is 0 Å². The Labute approximate surface area is 114 Å². The number of thiophene rings is 1. The molecule has 1 N–H and O–H groups in total. The lowest BCUT2D eigenvalue weighted by atomic mass is 10.1. The molecule has 18 heavy (non-hydrogen) atoms. The van der Waals surface area contributed by atoms with Crippen molar-refractivity contribution >= 4 is 11.3 Å². The normalized spacial score (nSPS) is 11.2. The average Bonchev–Trinajstić information content (AvgIpc) is 2.79. The van der Waals surface area contributed by atoms with Crippen LogP contribution in [-0.4, -0.2) is 6.04 Å². The van der Waals surface area contributed by atoms with Crippen molar-refractivity contribution in [3.8, 4) is 10.4 Å². The van der Waals surface area contributed by atoms with Crippen LogP contribution in [0.1, 0.15) is 29.9 Å². The van der Waals surface area contributed by atoms with Gasteiger partial charge in [0.2, 0.25) is 0 Å². The Morgan fingerprint density at radius 3 is 2.50 bits per heavy atom. The van der Waals surface area contributed by atoms with Crippen molar-refractivity contribution in [3.05, 3.63) is 46.3 Å². The van der Waals surface area contributed by atoms with Gasteiger partial charge in [0.05, 0.1) is 0 Å². The number of nitrogens with one attached hydrogen (secondary N) is 1. The SMILES string of the molecule is Cc1ccc(-c2ccc(CNC(C)C)s2)cc1C. The summed E-state index contributed by atoms with van der Waals surface area (Å²) in [5.74, 6) is 0. The molecule has 96 valence electrons. The monoisotopic (exact) mass is 259 g/mol. The zero-order chi connectivity index (χ0) is 13.1. The van der Waals surface area contributed by atoms with Gasteiger partial charge in [-0.3, -0.25) is 0 Å². The largest absolute Gasteiger partial charge is 0.310 e. The van der Waals surface area contributed by atoms with Crippen molar-refractivity contribution in [1.29, 1.82) is 0 Å². The highest BCUT2D eigenvalue weighted by Crippen LogP contribution is 2.29. The number of hydrogen-bond donors (Lipinski definition) is 1. The Hall–Kier alpha value is -1.12. The first kappa shape index (κ1) is 13.3. The molecule has 0 bridgehead atoms. The molecule has 1 nitrogen and oxygen atoms in total. The quantitative estimate of drug-likeness (QED) is 0.850. The molecule has 0 aliphatic rings. The van der Waals surface area contributed by atoms with Crippen molar-refractivity contribution in [2.75, 3.05) is 0 Å². The maximum Gasteiger partial charge on any atom is 0.0346 e. The topological polar surface area (TPSA) is 12.0 Å². The molecule has 2 rings (SSSR count). The lowest BCUT2D eigenvalue weighted by molar-refractivity contribution is 0.593. The Morgan fingerprint density at radius 1 is 1.06 bits per heavy atom. The van der Waals surface area contributed by atoms with E-state index >= 15 is 0 Å². The van der Waals surface area contributed by atoms with Crippen LogP contribution in [0.2, 0.25) is 0 Å². The summed E-state index contributed by atoms with van der Waals surface area (Å²) in [6, 6.07) is 11.7. The average molecular weight is 259 g/mol. The third-order valence-corrected chi connectivity index (χ3v) is 4.27. The van der Waals surface area contributed by atoms with Crippen LogP contribution in [0.4, 0.5) is 0 Å². The predicted octanol–water partition coefficient (Wildman–Crippen LogP) is 4.53. The summed E-state index contributed by atoms with van der Waals surface area (Å²) >= 11 is 1.88. The molecular formula is C16H21NS. The third kappa shape index (κ3) is 3.21. The minimum atomic E-state index is 0.539. The molecule has 2 aromatic rings. The standard InChI is InChI=1S/C16H21NS/c1-11(2)17-10-15-7-8-16(18-15)14-6-5-12(3)13(4)9-14/h5-9,11,17H,10H2,1-4H3. The second-order valence-electron chi connectivity index (χ2n) is 5.10. The lowest BCUT2D eigenvalue weighted by Gasteiger charge is -2.05. The summed E-state index contributed by atoms with van der Waals surface area (Å²) in [7, 11) is 0. The van der Waals surface area contributed by atoms with Gasteiger partial charge in [0.25, 0.3) is 0 Å². The van der Waals surface area contributed by atoms with Crippen LogP contribution in [0, 0.1) is 13.8 Å². The molecule has 0 atom stereocenters. The van der Waals surface area contributed by atoms with E-state index in [2.05, 4.69) is 63.3 Å². The third-order valence-electron chi connectivity index (χ3n) is 3.14. The van der Waals surface area contributed by atoms with Gasteiger partial charge in [-0.1, -0.05) is 32.0 Å². The summed E-state index contributed by atoms with van der Waals surface area (Å²) in [4.78, 5) is 2.76. The van der Waals surface area contributed by atoms with Gasteiger partial charge in [0.1, 0.15) is 0 Å². The van der Waals surface area contributed by atoms with Crippen LogP contribution in [0.25, 0.3) is 10.4 Å². The van der Waals surface area contributed by atoms with Crippen LogP contribution in [0.5, 0.6) is 0 Å². The van der Waals surface area contributed by atoms with Crippen molar-refractivity contribution < 1.29 is 0 Å². The van der Waals surface area contributed by atoms with Crippen molar-refractivity contribution in [3.63, 3.8) is 0 Å². The first-order valence-electron chi connectivity index (χ1n) is 6.46. The number of rotatable bonds is 4. The van der Waals surface area contributed by atoms with Gasteiger partial charge in [-0.15, -0.1) is 11.3 Å². The van der Waals surface area contributed by atoms with Gasteiger partial charge >= 0.3 is 0 Å². The van der Waals surface area contributed by atoms with E-state index in [-0.39, 0.29) is 0 Å². The van der Waals surface area contributed by atoms with Gasteiger partial charge in [-0.2, -0.15) is 0 Å². The van der Waals surface area contributed by atoms with E-state index in [1.807, 2.05) is 11.3 Å². The van der Waals surface area contributed by atoms with E-state index in [0.29, 0.717) is 6.04 Å². The molecule has 0 saturated heterocycles. The molecule has 1 aromatic carbocycles. The summed E-state index contributed by atoms with van der Waals surface area (Å²) in [5, 5.41) is 3.46. The van der Waals surface area contributed by atoms with Gasteiger partial charge in [-0.25, -0.2) is 0 Å². The highest BCUT2D eigenvalue weighted by Gasteiger charge is 2.04. The smallest absolute Gasteiger partial charge is 0.0346 e. The zero-order valence-electron chi connectivity index (χ0n) is 11.6. The Bertz CT molecular complexity index is 526. The lowest BCUT2D eigenvalue weighted by Crippen LogP contribution is -2.21. The van der Waals surface area contributed by atoms with Crippen LogP contribution in [-0.2, 0) is 6.54 Å². The zero-order valence-corrected chi connectivity index (χ0v) is 12.4. The second-order valence-corrected chi connectivity index (χ2v) is 6.27. The molecule has 0 unspecified atom stereocenters. The number of benzene rings is 1. The summed E-state index contributed by atoms with van der Waals surface area (Å²) < 4.78 is 0. The van der Waals surface area contributed by atoms with Crippen molar-refractivity contribution in [2.45, 2.75) is 40.3 Å². The molecule has 0 aliphatic carbocycles. The van der Waals surface area contributed by atoms with Crippen LogP contribution < -0.4 is 5.32 Å². The van der Waals surface area contributed by atoms with E-state index in [0.717, 1.165) is 6.54 Å². The highest BCUT2D eigenvalue weighted by atomic mass is 32.1. The Balaban J connectivity index is 2.16. The van der Waals surface area contributed by atoms with Crippen LogP contribution >= 0.6 is 11.3 Å². The first-order chi connectivity index (χ1) is 8.56. The fraction of sp³-hybridized carbons (Fsp3) is 0.375. The van der Waals surface area contributed by atoms with E-state index < -0.39 is 0 Å². The molecule has 0 spiro atoms. The van der Waals surface area contributed by atoms with E-state index in [9.17, 15) is 0 Å². The summed E-state index contributed by atoms with van der Waals surface area (Å²) in [6.45, 7) is 9.65. The van der Waals surface area contributed by atoms with Crippen LogP contribution in [0.3, 0.4) is 0 Å². The molecule has 1 aromatic heterocycles. The fourth-order valence-corrected chi connectivity index (χ4v) is 2.78. The van der Waals surface area contributed by atoms with E-state index in [4.69, 9.17) is 0 Å². The maximum atomic E-state index is 3.46. The first-order valence-corrected chi connectivity index (χ1v) is 7.27. The molecule has 0 saturated carbocycles. The summed E-state index contributed by atoms with van der Waals surface area (Å²) in [5.41, 5.74) is 4.05. The highest BCUT2D eigenvalue weighted by molar-refractivity contribution is 7.15. The van der Waals surface area contributed by atoms with Crippen molar-refractivity contribution in [2.24, 2.45) is 0 Å². The summed E-state index contributed by atoms with van der Waals surface area (Å²) in [6.07, 6.45) is 0. The Kier molecular flexibility index (Phi) is 4.20. The molecule has 0 aliphatic heterocycles. The van der Waals surface area contributed by atoms with E-state index in [1.165, 1.54) is 26.4 Å². The van der Waals surface area contributed by atoms with Gasteiger partial charge < -0.3 is 5.32 Å². The molecule has 0 radical (unpaired) electrons. The number of aryl methyl sites for hydroxylation is 2. The van der Waals surface area contributed by atoms with Crippen LogP contribution in [0.15, 0.2) is 30.3 Å². The van der Waals surface area contributed by atoms with Gasteiger partial charge in [0, 0.05) is 22.3 Å². The van der Waals surface area contributed by atoms with E-state index in [1.54, 1.807) is 0 Å². The predicted molar refractivity (Wildman–Crippen MR) is 81.2 cm³/mol. The maximum absolute atomic E-state index is 3.46.